The lowest BCUT2D eigenvalue weighted by atomic mass is 9.77. The number of hydrogen-bond acceptors (Lipinski definition) is 5. The van der Waals surface area contributed by atoms with Crippen molar-refractivity contribution >= 4 is 17.4 Å². The topological polar surface area (TPSA) is 104 Å². The second kappa shape index (κ2) is 7.34. The molecule has 0 saturated carbocycles. The first-order valence-electron chi connectivity index (χ1n) is 9.21. The van der Waals surface area contributed by atoms with Gasteiger partial charge in [0.15, 0.2) is 11.2 Å². The molecule has 0 spiro atoms. The van der Waals surface area contributed by atoms with Crippen LogP contribution in [0.5, 0.6) is 0 Å². The number of carbonyl (C=O) groups excluding carboxylic acids is 1. The first kappa shape index (κ1) is 22.2. The largest absolute Gasteiger partial charge is 0.385 e. The van der Waals surface area contributed by atoms with Crippen LogP contribution in [0.2, 0.25) is 0 Å². The number of aromatic nitrogens is 1. The monoisotopic (exact) mass is 433 g/mol. The predicted octanol–water partition coefficient (Wildman–Crippen LogP) is 3.99. The van der Waals surface area contributed by atoms with E-state index in [0.717, 1.165) is 26.0 Å². The summed E-state index contributed by atoms with van der Waals surface area (Å²) in [5.41, 5.74) is 0.693. The molecule has 6 nitrogen and oxygen atoms in total. The van der Waals surface area contributed by atoms with Crippen molar-refractivity contribution in [3.05, 3.63) is 58.7 Å². The molecule has 31 heavy (non-hydrogen) atoms. The highest BCUT2D eigenvalue weighted by molar-refractivity contribution is 6.04. The van der Waals surface area contributed by atoms with Crippen molar-refractivity contribution in [1.82, 2.24) is 4.98 Å². The van der Waals surface area contributed by atoms with Crippen LogP contribution in [0.3, 0.4) is 0 Å². The van der Waals surface area contributed by atoms with Crippen LogP contribution < -0.4 is 11.1 Å². The summed E-state index contributed by atoms with van der Waals surface area (Å²) in [6.07, 6.45) is -0.0523. The highest BCUT2D eigenvalue weighted by atomic mass is 19.3. The Kier molecular flexibility index (Phi) is 5.26. The van der Waals surface area contributed by atoms with E-state index < -0.39 is 46.7 Å². The molecule has 162 valence electrons. The van der Waals surface area contributed by atoms with Gasteiger partial charge in [-0.3, -0.25) is 9.79 Å². The van der Waals surface area contributed by atoms with Crippen LogP contribution in [0.25, 0.3) is 0 Å². The van der Waals surface area contributed by atoms with E-state index >= 15 is 0 Å². The summed E-state index contributed by atoms with van der Waals surface area (Å²) in [6, 6.07) is 6.47. The van der Waals surface area contributed by atoms with Crippen molar-refractivity contribution in [2.45, 2.75) is 44.3 Å². The van der Waals surface area contributed by atoms with Crippen LogP contribution in [0, 0.1) is 24.1 Å². The highest BCUT2D eigenvalue weighted by Crippen LogP contribution is 2.50. The van der Waals surface area contributed by atoms with E-state index in [1.165, 1.54) is 18.3 Å². The Bertz CT molecular complexity index is 1140. The van der Waals surface area contributed by atoms with Crippen molar-refractivity contribution in [2.75, 3.05) is 5.32 Å². The van der Waals surface area contributed by atoms with Crippen molar-refractivity contribution in [1.29, 1.82) is 5.26 Å². The van der Waals surface area contributed by atoms with Crippen LogP contribution in [-0.4, -0.2) is 28.3 Å². The zero-order valence-corrected chi connectivity index (χ0v) is 16.9. The minimum Gasteiger partial charge on any atom is -0.385 e. The van der Waals surface area contributed by atoms with Gasteiger partial charge in [0.2, 0.25) is 0 Å². The van der Waals surface area contributed by atoms with E-state index in [2.05, 4.69) is 15.3 Å². The molecule has 10 heteroatoms. The fourth-order valence-corrected chi connectivity index (χ4v) is 3.42. The van der Waals surface area contributed by atoms with Gasteiger partial charge < -0.3 is 11.1 Å². The molecule has 1 aromatic carbocycles. The summed E-state index contributed by atoms with van der Waals surface area (Å²) in [6.45, 7) is 3.43. The molecule has 0 fully saturated rings. The van der Waals surface area contributed by atoms with E-state index in [-0.39, 0.29) is 16.9 Å². The fourth-order valence-electron chi connectivity index (χ4n) is 3.42. The number of nitrogens with two attached hydrogens (primary N) is 1. The van der Waals surface area contributed by atoms with Gasteiger partial charge in [-0.2, -0.15) is 5.26 Å². The minimum absolute atomic E-state index is 0.00587. The summed E-state index contributed by atoms with van der Waals surface area (Å²) < 4.78 is 58.7. The lowest BCUT2D eigenvalue weighted by Crippen LogP contribution is -2.56. The number of carbonyl (C=O) groups is 1. The highest BCUT2D eigenvalue weighted by Gasteiger charge is 2.60. The second-order valence-corrected chi connectivity index (χ2v) is 7.80. The normalized spacial score (nSPS) is 24.8. The van der Waals surface area contributed by atoms with Crippen LogP contribution in [-0.2, 0) is 5.54 Å². The average Bonchev–Trinajstić information content (AvgIpc) is 2.67. The van der Waals surface area contributed by atoms with Crippen LogP contribution in [0.1, 0.15) is 47.4 Å². The third-order valence-corrected chi connectivity index (χ3v) is 5.32. The van der Waals surface area contributed by atoms with Gasteiger partial charge in [-0.15, -0.1) is 0 Å². The maximum absolute atomic E-state index is 14.9. The number of nitriles is 1. The SMILES string of the molecule is Cc1cc(C#N)cnc1C(=O)Nc1ccc(F)c([C@@]2(C)N=C(N)[C@](C)(F)CC2(F)F)c1. The third kappa shape index (κ3) is 3.83. The molecular weight excluding hydrogens is 414 g/mol. The zero-order chi connectivity index (χ0) is 23.2. The Hall–Kier alpha value is -3.48. The number of alkyl halides is 3. The number of nitrogens with zero attached hydrogens (tertiary/aromatic N) is 3. The summed E-state index contributed by atoms with van der Waals surface area (Å²) in [4.78, 5) is 20.1. The second-order valence-electron chi connectivity index (χ2n) is 7.80. The lowest BCUT2D eigenvalue weighted by molar-refractivity contribution is -0.106. The molecule has 1 amide bonds. The van der Waals surface area contributed by atoms with E-state index in [1.54, 1.807) is 6.92 Å². The smallest absolute Gasteiger partial charge is 0.280 e. The van der Waals surface area contributed by atoms with Crippen molar-refractivity contribution in [3.8, 4) is 6.07 Å². The van der Waals surface area contributed by atoms with Crippen molar-refractivity contribution in [2.24, 2.45) is 10.7 Å². The number of nitrogens with one attached hydrogen (secondary N) is 1. The molecule has 0 unspecified atom stereocenters. The number of hydrogen-bond donors (Lipinski definition) is 2. The molecule has 2 heterocycles. The number of aryl methyl sites for hydroxylation is 1. The summed E-state index contributed by atoms with van der Waals surface area (Å²) in [5.74, 6) is -6.10. The van der Waals surface area contributed by atoms with Gasteiger partial charge in [0.25, 0.3) is 11.8 Å². The first-order chi connectivity index (χ1) is 14.3. The number of amides is 1. The lowest BCUT2D eigenvalue weighted by Gasteiger charge is -2.42. The predicted molar refractivity (Wildman–Crippen MR) is 106 cm³/mol. The number of amidine groups is 1. The summed E-state index contributed by atoms with van der Waals surface area (Å²) in [5, 5.41) is 11.4. The molecule has 0 bridgehead atoms. The number of rotatable bonds is 3. The molecule has 3 rings (SSSR count). The van der Waals surface area contributed by atoms with Crippen LogP contribution >= 0.6 is 0 Å². The molecule has 0 aliphatic carbocycles. The van der Waals surface area contributed by atoms with Crippen molar-refractivity contribution in [3.63, 3.8) is 0 Å². The Balaban J connectivity index is 2.00. The number of pyridine rings is 1. The standard InChI is InChI=1S/C21H19F4N5O/c1-11-6-12(8-26)9-28-16(11)17(31)29-13-4-5-15(22)14(7-13)20(3)21(24,25)10-19(2,23)18(27)30-20/h4-7,9H,10H2,1-3H3,(H2,27,30)(H,29,31)/t19-,20-/m1/s1. The molecule has 3 N–H and O–H groups in total. The summed E-state index contributed by atoms with van der Waals surface area (Å²) >= 11 is 0. The third-order valence-electron chi connectivity index (χ3n) is 5.32. The van der Waals surface area contributed by atoms with Gasteiger partial charge in [0, 0.05) is 17.4 Å². The maximum atomic E-state index is 14.9. The molecular formula is C21H19F4N5O. The van der Waals surface area contributed by atoms with Crippen LogP contribution in [0.4, 0.5) is 23.2 Å². The molecule has 1 aliphatic rings. The quantitative estimate of drug-likeness (QED) is 0.714. The Morgan fingerprint density at radius 1 is 1.26 bits per heavy atom. The van der Waals surface area contributed by atoms with E-state index in [9.17, 15) is 22.4 Å². The zero-order valence-electron chi connectivity index (χ0n) is 16.9. The molecule has 2 aromatic rings. The molecule has 2 atom stereocenters. The number of anilines is 1. The number of benzene rings is 1. The van der Waals surface area contributed by atoms with E-state index in [4.69, 9.17) is 11.0 Å². The summed E-state index contributed by atoms with van der Waals surface area (Å²) in [7, 11) is 0. The molecule has 0 radical (unpaired) electrons. The van der Waals surface area contributed by atoms with Gasteiger partial charge in [0.1, 0.15) is 23.4 Å². The Labute approximate surface area is 175 Å². The van der Waals surface area contributed by atoms with Gasteiger partial charge in [-0.05, 0) is 50.6 Å². The maximum Gasteiger partial charge on any atom is 0.280 e. The Morgan fingerprint density at radius 2 is 1.94 bits per heavy atom. The number of halogens is 4. The van der Waals surface area contributed by atoms with E-state index in [1.807, 2.05) is 6.07 Å². The first-order valence-corrected chi connectivity index (χ1v) is 9.21. The Morgan fingerprint density at radius 3 is 2.55 bits per heavy atom. The molecule has 1 aliphatic heterocycles. The van der Waals surface area contributed by atoms with Gasteiger partial charge in [-0.25, -0.2) is 22.5 Å². The molecule has 1 aromatic heterocycles. The number of aliphatic imine (C=N–C) groups is 1. The van der Waals surface area contributed by atoms with Gasteiger partial charge in [0.05, 0.1) is 12.0 Å². The van der Waals surface area contributed by atoms with Gasteiger partial charge in [-0.1, -0.05) is 0 Å². The van der Waals surface area contributed by atoms with Gasteiger partial charge >= 0.3 is 0 Å². The minimum atomic E-state index is -3.76. The van der Waals surface area contributed by atoms with Crippen molar-refractivity contribution < 1.29 is 22.4 Å². The van der Waals surface area contributed by atoms with E-state index in [0.29, 0.717) is 5.56 Å². The average molecular weight is 433 g/mol. The van der Waals surface area contributed by atoms with Crippen LogP contribution in [0.15, 0.2) is 35.5 Å². The fraction of sp³-hybridized carbons (Fsp3) is 0.333. The molecule has 0 saturated heterocycles.